The first-order chi connectivity index (χ1) is 11.5. The van der Waals surface area contributed by atoms with E-state index in [1.54, 1.807) is 24.3 Å². The summed E-state index contributed by atoms with van der Waals surface area (Å²) in [5, 5.41) is 14.3. The smallest absolute Gasteiger partial charge is 0.271 e. The van der Waals surface area contributed by atoms with Crippen LogP contribution in [0.5, 0.6) is 0 Å². The van der Waals surface area contributed by atoms with Gasteiger partial charge in [0.2, 0.25) is 5.91 Å². The number of hydrogen-bond donors (Lipinski definition) is 1. The number of nitro benzene ring substituents is 1. The van der Waals surface area contributed by atoms with Crippen molar-refractivity contribution in [2.24, 2.45) is 0 Å². The first kappa shape index (κ1) is 16.3. The number of carbonyl (C=O) groups excluding carboxylic acids is 1. The van der Waals surface area contributed by atoms with E-state index in [0.29, 0.717) is 21.8 Å². The summed E-state index contributed by atoms with van der Waals surface area (Å²) in [5.41, 5.74) is 1.34. The minimum absolute atomic E-state index is 0.0638. The summed E-state index contributed by atoms with van der Waals surface area (Å²) in [4.78, 5) is 26.3. The molecule has 0 aliphatic rings. The number of carbonyl (C=O) groups is 1. The third kappa shape index (κ3) is 3.84. The van der Waals surface area contributed by atoms with Crippen molar-refractivity contribution in [3.05, 3.63) is 57.6 Å². The molecule has 0 spiro atoms. The van der Waals surface area contributed by atoms with Crippen molar-refractivity contribution < 1.29 is 14.1 Å². The molecule has 0 aliphatic heterocycles. The van der Waals surface area contributed by atoms with Gasteiger partial charge in [-0.2, -0.15) is 0 Å². The molecule has 0 aliphatic carbocycles. The van der Waals surface area contributed by atoms with E-state index in [9.17, 15) is 14.9 Å². The molecule has 1 N–H and O–H groups in total. The quantitative estimate of drug-likeness (QED) is 0.416. The molecule has 122 valence electrons. The summed E-state index contributed by atoms with van der Waals surface area (Å²) >= 11 is 6.95. The number of nitrogens with zero attached hydrogens (tertiary/aromatic N) is 2. The maximum atomic E-state index is 11.9. The van der Waals surface area contributed by atoms with Crippen molar-refractivity contribution in [2.45, 2.75) is 5.22 Å². The van der Waals surface area contributed by atoms with Crippen LogP contribution in [0.3, 0.4) is 0 Å². The lowest BCUT2D eigenvalue weighted by atomic mass is 10.3. The number of aromatic nitrogens is 1. The zero-order valence-electron chi connectivity index (χ0n) is 12.1. The van der Waals surface area contributed by atoms with Crippen molar-refractivity contribution in [1.82, 2.24) is 4.98 Å². The Morgan fingerprint density at radius 3 is 2.92 bits per heavy atom. The Morgan fingerprint density at radius 1 is 1.33 bits per heavy atom. The lowest BCUT2D eigenvalue weighted by Crippen LogP contribution is -2.13. The molecule has 0 atom stereocenters. The molecule has 0 saturated carbocycles. The van der Waals surface area contributed by atoms with Crippen LogP contribution in [0.1, 0.15) is 0 Å². The van der Waals surface area contributed by atoms with Crippen LogP contribution >= 0.6 is 23.4 Å². The monoisotopic (exact) mass is 363 g/mol. The lowest BCUT2D eigenvalue weighted by molar-refractivity contribution is -0.384. The number of amides is 1. The van der Waals surface area contributed by atoms with Gasteiger partial charge in [-0.25, -0.2) is 4.98 Å². The van der Waals surface area contributed by atoms with Gasteiger partial charge in [-0.05, 0) is 24.3 Å². The van der Waals surface area contributed by atoms with E-state index in [1.165, 1.54) is 18.2 Å². The van der Waals surface area contributed by atoms with Gasteiger partial charge in [0.1, 0.15) is 5.52 Å². The molecular weight excluding hydrogens is 354 g/mol. The molecule has 3 rings (SSSR count). The first-order valence-corrected chi connectivity index (χ1v) is 8.11. The van der Waals surface area contributed by atoms with Crippen LogP contribution < -0.4 is 5.32 Å². The summed E-state index contributed by atoms with van der Waals surface area (Å²) in [5.74, 6) is -0.156. The van der Waals surface area contributed by atoms with Crippen LogP contribution in [-0.2, 0) is 4.79 Å². The zero-order valence-corrected chi connectivity index (χ0v) is 13.6. The summed E-state index contributed by atoms with van der Waals surface area (Å²) in [6.07, 6.45) is 0. The van der Waals surface area contributed by atoms with Gasteiger partial charge in [-0.1, -0.05) is 29.4 Å². The van der Waals surface area contributed by atoms with E-state index in [4.69, 9.17) is 16.0 Å². The maximum Gasteiger partial charge on any atom is 0.271 e. The summed E-state index contributed by atoms with van der Waals surface area (Å²) in [6.45, 7) is 0. The van der Waals surface area contributed by atoms with Gasteiger partial charge in [-0.3, -0.25) is 14.9 Å². The molecule has 1 amide bonds. The third-order valence-corrected chi connectivity index (χ3v) is 4.06. The molecular formula is C15H10ClN3O4S. The summed E-state index contributed by atoms with van der Waals surface area (Å²) in [6, 6.07) is 11.0. The highest BCUT2D eigenvalue weighted by Gasteiger charge is 2.13. The molecule has 0 radical (unpaired) electrons. The Bertz CT molecular complexity index is 928. The average Bonchev–Trinajstić information content (AvgIpc) is 2.95. The Kier molecular flexibility index (Phi) is 4.68. The van der Waals surface area contributed by atoms with Gasteiger partial charge in [-0.15, -0.1) is 0 Å². The van der Waals surface area contributed by atoms with Crippen molar-refractivity contribution in [3.63, 3.8) is 0 Å². The number of thioether (sulfide) groups is 1. The van der Waals surface area contributed by atoms with E-state index >= 15 is 0 Å². The molecule has 24 heavy (non-hydrogen) atoms. The van der Waals surface area contributed by atoms with Gasteiger partial charge in [0.25, 0.3) is 10.9 Å². The molecule has 0 saturated heterocycles. The number of nitrogens with one attached hydrogen (secondary N) is 1. The van der Waals surface area contributed by atoms with Crippen molar-refractivity contribution in [3.8, 4) is 0 Å². The largest absolute Gasteiger partial charge is 0.431 e. The van der Waals surface area contributed by atoms with Gasteiger partial charge in [0, 0.05) is 22.8 Å². The molecule has 0 unspecified atom stereocenters. The number of nitro groups is 1. The Balaban J connectivity index is 1.64. The fraction of sp³-hybridized carbons (Fsp3) is 0.0667. The van der Waals surface area contributed by atoms with Crippen LogP contribution in [0.25, 0.3) is 11.1 Å². The fourth-order valence-corrected chi connectivity index (χ4v) is 2.79. The highest BCUT2D eigenvalue weighted by molar-refractivity contribution is 7.99. The van der Waals surface area contributed by atoms with E-state index in [0.717, 1.165) is 11.8 Å². The van der Waals surface area contributed by atoms with E-state index < -0.39 is 4.92 Å². The van der Waals surface area contributed by atoms with Crippen LogP contribution in [0.2, 0.25) is 5.02 Å². The van der Waals surface area contributed by atoms with Crippen molar-refractivity contribution in [1.29, 1.82) is 0 Å². The Labute approximate surface area is 145 Å². The fourth-order valence-electron chi connectivity index (χ4n) is 1.96. The third-order valence-electron chi connectivity index (χ3n) is 3.00. The van der Waals surface area contributed by atoms with Crippen molar-refractivity contribution in [2.75, 3.05) is 11.1 Å². The number of fused-ring (bicyclic) bond motifs is 1. The highest BCUT2D eigenvalue weighted by Crippen LogP contribution is 2.26. The molecule has 1 aromatic heterocycles. The average molecular weight is 364 g/mol. The van der Waals surface area contributed by atoms with Crippen LogP contribution in [0.15, 0.2) is 52.1 Å². The molecule has 0 bridgehead atoms. The van der Waals surface area contributed by atoms with Gasteiger partial charge < -0.3 is 9.73 Å². The summed E-state index contributed by atoms with van der Waals surface area (Å²) < 4.78 is 5.45. The predicted octanol–water partition coefficient (Wildman–Crippen LogP) is 4.12. The number of anilines is 1. The molecule has 7 nitrogen and oxygen atoms in total. The number of non-ortho nitro benzene ring substituents is 1. The van der Waals surface area contributed by atoms with Crippen LogP contribution in [-0.4, -0.2) is 21.6 Å². The highest BCUT2D eigenvalue weighted by atomic mass is 35.5. The van der Waals surface area contributed by atoms with E-state index in [1.807, 2.05) is 0 Å². The summed E-state index contributed by atoms with van der Waals surface area (Å²) in [7, 11) is 0. The van der Waals surface area contributed by atoms with Crippen LogP contribution in [0.4, 0.5) is 11.4 Å². The second-order valence-electron chi connectivity index (χ2n) is 4.74. The first-order valence-electron chi connectivity index (χ1n) is 6.74. The van der Waals surface area contributed by atoms with Crippen LogP contribution in [0, 0.1) is 10.1 Å². The molecule has 2 aromatic carbocycles. The Morgan fingerprint density at radius 2 is 2.17 bits per heavy atom. The topological polar surface area (TPSA) is 98.3 Å². The SMILES string of the molecule is O=C(CSc1nc2cc([N+](=O)[O-])ccc2o1)Nc1cccc(Cl)c1. The lowest BCUT2D eigenvalue weighted by Gasteiger charge is -2.03. The van der Waals surface area contributed by atoms with Gasteiger partial charge >= 0.3 is 0 Å². The number of halogens is 1. The van der Waals surface area contributed by atoms with Gasteiger partial charge in [0.15, 0.2) is 5.58 Å². The normalized spacial score (nSPS) is 10.7. The molecule has 9 heteroatoms. The van der Waals surface area contributed by atoms with E-state index in [-0.39, 0.29) is 22.6 Å². The minimum Gasteiger partial charge on any atom is -0.431 e. The number of benzene rings is 2. The minimum atomic E-state index is -0.501. The number of rotatable bonds is 5. The second kappa shape index (κ2) is 6.90. The standard InChI is InChI=1S/C15H10ClN3O4S/c16-9-2-1-3-10(6-9)17-14(20)8-24-15-18-12-7-11(19(21)22)4-5-13(12)23-15/h1-7H,8H2,(H,17,20). The second-order valence-corrected chi connectivity index (χ2v) is 6.10. The van der Waals surface area contributed by atoms with Crippen molar-refractivity contribution >= 4 is 51.7 Å². The predicted molar refractivity (Wildman–Crippen MR) is 91.5 cm³/mol. The molecule has 3 aromatic rings. The Hall–Kier alpha value is -2.58. The zero-order chi connectivity index (χ0) is 17.1. The molecule has 1 heterocycles. The number of hydrogen-bond acceptors (Lipinski definition) is 6. The maximum absolute atomic E-state index is 11.9. The van der Waals surface area contributed by atoms with Gasteiger partial charge in [0.05, 0.1) is 10.7 Å². The molecule has 0 fully saturated rings. The van der Waals surface area contributed by atoms with E-state index in [2.05, 4.69) is 10.3 Å². The number of oxazole rings is 1.